The van der Waals surface area contributed by atoms with Gasteiger partial charge in [0.15, 0.2) is 0 Å². The van der Waals surface area contributed by atoms with Crippen molar-refractivity contribution in [3.8, 4) is 5.75 Å². The van der Waals surface area contributed by atoms with Gasteiger partial charge in [0.2, 0.25) is 5.91 Å². The number of H-pyrrole nitrogens is 1. The molecule has 6 heteroatoms. The van der Waals surface area contributed by atoms with Crippen LogP contribution in [0, 0.1) is 0 Å². The number of aromatic amines is 1. The molecule has 2 heterocycles. The van der Waals surface area contributed by atoms with E-state index in [0.717, 1.165) is 56.8 Å². The number of benzene rings is 2. The highest BCUT2D eigenvalue weighted by Gasteiger charge is 2.25. The van der Waals surface area contributed by atoms with Crippen LogP contribution in [0.1, 0.15) is 18.1 Å². The maximum atomic E-state index is 12.7. The molecule has 0 spiro atoms. The zero-order chi connectivity index (χ0) is 22.3. The van der Waals surface area contributed by atoms with E-state index in [4.69, 9.17) is 4.74 Å². The third-order valence-corrected chi connectivity index (χ3v) is 6.58. The molecule has 1 unspecified atom stereocenters. The average molecular weight is 435 g/mol. The van der Waals surface area contributed by atoms with Gasteiger partial charge in [0, 0.05) is 56.4 Å². The van der Waals surface area contributed by atoms with E-state index in [0.29, 0.717) is 6.54 Å². The Hall–Kier alpha value is -2.83. The van der Waals surface area contributed by atoms with Crippen molar-refractivity contribution in [2.45, 2.75) is 25.8 Å². The number of hydrogen-bond acceptors (Lipinski definition) is 4. The van der Waals surface area contributed by atoms with Gasteiger partial charge in [-0.25, -0.2) is 0 Å². The third kappa shape index (κ3) is 5.50. The van der Waals surface area contributed by atoms with Crippen LogP contribution in [-0.4, -0.2) is 73.1 Å². The summed E-state index contributed by atoms with van der Waals surface area (Å²) in [6, 6.07) is 16.5. The molecule has 1 amide bonds. The van der Waals surface area contributed by atoms with Crippen LogP contribution in [0.15, 0.2) is 54.7 Å². The van der Waals surface area contributed by atoms with E-state index in [9.17, 15) is 4.79 Å². The van der Waals surface area contributed by atoms with Gasteiger partial charge in [-0.3, -0.25) is 9.69 Å². The summed E-state index contributed by atoms with van der Waals surface area (Å²) < 4.78 is 5.23. The Balaban J connectivity index is 1.17. The summed E-state index contributed by atoms with van der Waals surface area (Å²) in [6.45, 7) is 7.60. The number of rotatable bonds is 9. The summed E-state index contributed by atoms with van der Waals surface area (Å²) in [5.41, 5.74) is 3.72. The van der Waals surface area contributed by atoms with E-state index in [1.165, 1.54) is 16.5 Å². The van der Waals surface area contributed by atoms with Gasteiger partial charge < -0.3 is 19.9 Å². The molecule has 0 bridgehead atoms. The summed E-state index contributed by atoms with van der Waals surface area (Å²) in [7, 11) is 1.69. The summed E-state index contributed by atoms with van der Waals surface area (Å²) in [4.78, 5) is 20.8. The molecule has 170 valence electrons. The molecule has 0 saturated carbocycles. The second-order valence-electron chi connectivity index (χ2n) is 8.55. The Labute approximate surface area is 190 Å². The lowest BCUT2D eigenvalue weighted by molar-refractivity contribution is -0.126. The fraction of sp³-hybridized carbons (Fsp3) is 0.423. The number of nitrogens with zero attached hydrogens (tertiary/aromatic N) is 2. The van der Waals surface area contributed by atoms with E-state index in [2.05, 4.69) is 50.4 Å². The van der Waals surface area contributed by atoms with Crippen molar-refractivity contribution in [3.63, 3.8) is 0 Å². The molecule has 32 heavy (non-hydrogen) atoms. The number of para-hydroxylation sites is 1. The Morgan fingerprint density at radius 1 is 1.06 bits per heavy atom. The first kappa shape index (κ1) is 22.4. The second-order valence-corrected chi connectivity index (χ2v) is 8.55. The van der Waals surface area contributed by atoms with Crippen LogP contribution < -0.4 is 10.1 Å². The number of ether oxygens (including phenoxy) is 1. The van der Waals surface area contributed by atoms with Gasteiger partial charge in [-0.05, 0) is 49.1 Å². The molecule has 3 aromatic rings. The third-order valence-electron chi connectivity index (χ3n) is 6.58. The highest BCUT2D eigenvalue weighted by Crippen LogP contribution is 2.18. The van der Waals surface area contributed by atoms with Crippen LogP contribution in [0.5, 0.6) is 5.75 Å². The fourth-order valence-electron chi connectivity index (χ4n) is 4.43. The van der Waals surface area contributed by atoms with Gasteiger partial charge >= 0.3 is 0 Å². The lowest BCUT2D eigenvalue weighted by Gasteiger charge is -2.37. The quantitative estimate of drug-likeness (QED) is 0.543. The zero-order valence-corrected chi connectivity index (χ0v) is 19.1. The van der Waals surface area contributed by atoms with Gasteiger partial charge in [0.25, 0.3) is 0 Å². The maximum Gasteiger partial charge on any atom is 0.237 e. The minimum Gasteiger partial charge on any atom is -0.497 e. The molecule has 1 atom stereocenters. The fourth-order valence-corrected chi connectivity index (χ4v) is 4.43. The number of methoxy groups -OCH3 is 1. The van der Waals surface area contributed by atoms with Crippen LogP contribution in [0.3, 0.4) is 0 Å². The van der Waals surface area contributed by atoms with Crippen molar-refractivity contribution in [2.75, 3.05) is 46.4 Å². The van der Waals surface area contributed by atoms with Crippen LogP contribution in [0.4, 0.5) is 0 Å². The first-order valence-electron chi connectivity index (χ1n) is 11.6. The summed E-state index contributed by atoms with van der Waals surface area (Å²) in [6.07, 6.45) is 3.92. The minimum atomic E-state index is -0.0956. The topological polar surface area (TPSA) is 60.6 Å². The van der Waals surface area contributed by atoms with Crippen molar-refractivity contribution >= 4 is 16.8 Å². The molecule has 0 radical (unpaired) electrons. The molecule has 1 fully saturated rings. The van der Waals surface area contributed by atoms with E-state index in [-0.39, 0.29) is 11.9 Å². The molecule has 0 aliphatic carbocycles. The number of fused-ring (bicyclic) bond motifs is 1. The Morgan fingerprint density at radius 2 is 1.81 bits per heavy atom. The van der Waals surface area contributed by atoms with Crippen molar-refractivity contribution in [2.24, 2.45) is 0 Å². The number of aromatic nitrogens is 1. The van der Waals surface area contributed by atoms with Crippen LogP contribution in [-0.2, 0) is 17.6 Å². The highest BCUT2D eigenvalue weighted by molar-refractivity contribution is 5.83. The standard InChI is InChI=1S/C26H34N4O2/c1-20(26(31)27-13-11-22-19-28-25-6-4-3-5-24(22)25)30-17-15-29(16-18-30)14-12-21-7-9-23(32-2)10-8-21/h3-10,19-20,28H,11-18H2,1-2H3,(H,27,31). The number of carbonyl (C=O) groups excluding carboxylic acids is 1. The summed E-state index contributed by atoms with van der Waals surface area (Å²) >= 11 is 0. The van der Waals surface area contributed by atoms with Crippen molar-refractivity contribution in [1.82, 2.24) is 20.1 Å². The number of nitrogens with one attached hydrogen (secondary N) is 2. The van der Waals surface area contributed by atoms with E-state index < -0.39 is 0 Å². The first-order chi connectivity index (χ1) is 15.6. The number of amides is 1. The Morgan fingerprint density at radius 3 is 2.56 bits per heavy atom. The van der Waals surface area contributed by atoms with Crippen molar-refractivity contribution in [3.05, 3.63) is 65.9 Å². The predicted molar refractivity (Wildman–Crippen MR) is 129 cm³/mol. The summed E-state index contributed by atoms with van der Waals surface area (Å²) in [5, 5.41) is 4.37. The second kappa shape index (κ2) is 10.7. The van der Waals surface area contributed by atoms with Crippen LogP contribution >= 0.6 is 0 Å². The zero-order valence-electron chi connectivity index (χ0n) is 19.1. The lowest BCUT2D eigenvalue weighted by atomic mass is 10.1. The monoisotopic (exact) mass is 434 g/mol. The van der Waals surface area contributed by atoms with E-state index in [1.54, 1.807) is 7.11 Å². The first-order valence-corrected chi connectivity index (χ1v) is 11.6. The van der Waals surface area contributed by atoms with Gasteiger partial charge in [-0.1, -0.05) is 30.3 Å². The normalized spacial score (nSPS) is 16.2. The smallest absolute Gasteiger partial charge is 0.237 e. The maximum absolute atomic E-state index is 12.7. The SMILES string of the molecule is COc1ccc(CCN2CCN(C(C)C(=O)NCCc3c[nH]c4ccccc34)CC2)cc1. The molecule has 1 aliphatic heterocycles. The largest absolute Gasteiger partial charge is 0.497 e. The molecule has 4 rings (SSSR count). The lowest BCUT2D eigenvalue weighted by Crippen LogP contribution is -2.54. The molecule has 1 aromatic heterocycles. The van der Waals surface area contributed by atoms with Crippen molar-refractivity contribution in [1.29, 1.82) is 0 Å². The minimum absolute atomic E-state index is 0.0956. The van der Waals surface area contributed by atoms with Crippen LogP contribution in [0.25, 0.3) is 10.9 Å². The van der Waals surface area contributed by atoms with Gasteiger partial charge in [-0.2, -0.15) is 0 Å². The molecule has 1 saturated heterocycles. The van der Waals surface area contributed by atoms with Gasteiger partial charge in [0.05, 0.1) is 13.2 Å². The van der Waals surface area contributed by atoms with Crippen molar-refractivity contribution < 1.29 is 9.53 Å². The molecule has 2 N–H and O–H groups in total. The molecule has 2 aromatic carbocycles. The average Bonchev–Trinajstić information content (AvgIpc) is 3.26. The number of piperazine rings is 1. The molecule has 1 aliphatic rings. The Bertz CT molecular complexity index is 1010. The van der Waals surface area contributed by atoms with E-state index in [1.807, 2.05) is 31.3 Å². The number of hydrogen-bond donors (Lipinski definition) is 2. The summed E-state index contributed by atoms with van der Waals surface area (Å²) in [5.74, 6) is 1.02. The van der Waals surface area contributed by atoms with E-state index >= 15 is 0 Å². The molecular formula is C26H34N4O2. The molecular weight excluding hydrogens is 400 g/mol. The molecule has 6 nitrogen and oxygen atoms in total. The van der Waals surface area contributed by atoms with Gasteiger partial charge in [0.1, 0.15) is 5.75 Å². The number of carbonyl (C=O) groups is 1. The predicted octanol–water partition coefficient (Wildman–Crippen LogP) is 3.08. The van der Waals surface area contributed by atoms with Gasteiger partial charge in [-0.15, -0.1) is 0 Å². The highest BCUT2D eigenvalue weighted by atomic mass is 16.5. The van der Waals surface area contributed by atoms with Crippen LogP contribution in [0.2, 0.25) is 0 Å². The Kier molecular flexibility index (Phi) is 7.45.